The molecule has 2 fully saturated rings. The number of fused-ring (bicyclic) bond motifs is 3. The summed E-state index contributed by atoms with van der Waals surface area (Å²) in [5, 5.41) is 10.7. The summed E-state index contributed by atoms with van der Waals surface area (Å²) in [6.07, 6.45) is 3.62. The molecule has 0 amide bonds. The molecule has 1 N–H and O–H groups in total. The SMILES string of the molecule is COc1ccc2c(c1)C(O)C(N1CC3CCC(C1)O3)C2. The summed E-state index contributed by atoms with van der Waals surface area (Å²) >= 11 is 0. The van der Waals surface area contributed by atoms with Gasteiger partial charge in [0, 0.05) is 19.1 Å². The first-order chi connectivity index (χ1) is 9.74. The van der Waals surface area contributed by atoms with Gasteiger partial charge in [-0.15, -0.1) is 0 Å². The Morgan fingerprint density at radius 2 is 2.00 bits per heavy atom. The third-order valence-corrected chi connectivity index (χ3v) is 5.01. The number of benzene rings is 1. The highest BCUT2D eigenvalue weighted by molar-refractivity contribution is 5.42. The molecule has 1 aromatic rings. The molecule has 0 aromatic heterocycles. The Morgan fingerprint density at radius 1 is 1.25 bits per heavy atom. The van der Waals surface area contributed by atoms with E-state index in [1.165, 1.54) is 18.4 Å². The van der Waals surface area contributed by atoms with Crippen molar-refractivity contribution in [2.24, 2.45) is 0 Å². The van der Waals surface area contributed by atoms with Gasteiger partial charge in [0.1, 0.15) is 5.75 Å². The van der Waals surface area contributed by atoms with E-state index < -0.39 is 6.10 Å². The summed E-state index contributed by atoms with van der Waals surface area (Å²) in [5.41, 5.74) is 2.29. The highest BCUT2D eigenvalue weighted by Gasteiger charge is 2.41. The van der Waals surface area contributed by atoms with E-state index in [0.29, 0.717) is 12.2 Å². The smallest absolute Gasteiger partial charge is 0.119 e. The van der Waals surface area contributed by atoms with Gasteiger partial charge in [-0.1, -0.05) is 6.07 Å². The fourth-order valence-electron chi connectivity index (χ4n) is 3.95. The summed E-state index contributed by atoms with van der Waals surface area (Å²) in [6, 6.07) is 6.25. The monoisotopic (exact) mass is 275 g/mol. The van der Waals surface area contributed by atoms with Gasteiger partial charge in [0.25, 0.3) is 0 Å². The van der Waals surface area contributed by atoms with Crippen LogP contribution in [0, 0.1) is 0 Å². The summed E-state index contributed by atoms with van der Waals surface area (Å²) < 4.78 is 11.2. The second-order valence-electron chi connectivity index (χ2n) is 6.19. The average molecular weight is 275 g/mol. The predicted octanol–water partition coefficient (Wildman–Crippen LogP) is 1.52. The maximum atomic E-state index is 10.7. The first-order valence-electron chi connectivity index (χ1n) is 7.49. The zero-order valence-electron chi connectivity index (χ0n) is 11.8. The van der Waals surface area contributed by atoms with Gasteiger partial charge in [-0.25, -0.2) is 0 Å². The van der Waals surface area contributed by atoms with E-state index in [4.69, 9.17) is 9.47 Å². The standard InChI is InChI=1S/C16H21NO3/c1-19-11-3-2-10-6-15(16(18)14(10)7-11)17-8-12-4-5-13(9-17)20-12/h2-3,7,12-13,15-16,18H,4-6,8-9H2,1H3. The van der Waals surface area contributed by atoms with Crippen molar-refractivity contribution in [3.05, 3.63) is 29.3 Å². The number of morpholine rings is 1. The first kappa shape index (κ1) is 12.6. The van der Waals surface area contributed by atoms with E-state index in [-0.39, 0.29) is 6.04 Å². The molecule has 0 saturated carbocycles. The minimum absolute atomic E-state index is 0.198. The third kappa shape index (κ3) is 1.94. The molecule has 108 valence electrons. The van der Waals surface area contributed by atoms with Gasteiger partial charge >= 0.3 is 0 Å². The van der Waals surface area contributed by atoms with Crippen LogP contribution in [0.15, 0.2) is 18.2 Å². The molecule has 4 unspecified atom stereocenters. The maximum absolute atomic E-state index is 10.7. The lowest BCUT2D eigenvalue weighted by atomic mass is 10.1. The molecular formula is C16H21NO3. The van der Waals surface area contributed by atoms with Crippen LogP contribution in [0.3, 0.4) is 0 Å². The van der Waals surface area contributed by atoms with Crippen LogP contribution in [-0.4, -0.2) is 48.5 Å². The van der Waals surface area contributed by atoms with E-state index in [1.54, 1.807) is 7.11 Å². The Morgan fingerprint density at radius 3 is 2.70 bits per heavy atom. The van der Waals surface area contributed by atoms with Crippen LogP contribution in [0.2, 0.25) is 0 Å². The van der Waals surface area contributed by atoms with Crippen LogP contribution in [-0.2, 0) is 11.2 Å². The van der Waals surface area contributed by atoms with Crippen LogP contribution >= 0.6 is 0 Å². The van der Waals surface area contributed by atoms with Crippen molar-refractivity contribution in [3.8, 4) is 5.75 Å². The largest absolute Gasteiger partial charge is 0.497 e. The predicted molar refractivity (Wildman–Crippen MR) is 74.9 cm³/mol. The van der Waals surface area contributed by atoms with Crippen molar-refractivity contribution < 1.29 is 14.6 Å². The third-order valence-electron chi connectivity index (χ3n) is 5.01. The summed E-state index contributed by atoms with van der Waals surface area (Å²) in [5.74, 6) is 0.825. The van der Waals surface area contributed by atoms with E-state index in [0.717, 1.165) is 30.8 Å². The lowest BCUT2D eigenvalue weighted by Gasteiger charge is -2.37. The van der Waals surface area contributed by atoms with Gasteiger partial charge in [-0.2, -0.15) is 0 Å². The molecule has 2 heterocycles. The van der Waals surface area contributed by atoms with Crippen molar-refractivity contribution >= 4 is 0 Å². The molecule has 20 heavy (non-hydrogen) atoms. The Labute approximate surface area is 119 Å². The number of hydrogen-bond donors (Lipinski definition) is 1. The molecule has 1 aliphatic carbocycles. The van der Waals surface area contributed by atoms with E-state index in [1.807, 2.05) is 12.1 Å². The van der Waals surface area contributed by atoms with E-state index in [2.05, 4.69) is 11.0 Å². The molecule has 2 aliphatic heterocycles. The lowest BCUT2D eigenvalue weighted by molar-refractivity contribution is -0.0697. The second kappa shape index (κ2) is 4.72. The zero-order valence-corrected chi connectivity index (χ0v) is 11.8. The average Bonchev–Trinajstić information content (AvgIpc) is 2.99. The number of rotatable bonds is 2. The Balaban J connectivity index is 1.57. The molecule has 0 spiro atoms. The van der Waals surface area contributed by atoms with E-state index >= 15 is 0 Å². The molecule has 2 saturated heterocycles. The number of nitrogens with zero attached hydrogens (tertiary/aromatic N) is 1. The lowest BCUT2D eigenvalue weighted by Crippen LogP contribution is -2.49. The summed E-state index contributed by atoms with van der Waals surface area (Å²) in [4.78, 5) is 2.43. The first-order valence-corrected chi connectivity index (χ1v) is 7.49. The topological polar surface area (TPSA) is 41.9 Å². The van der Waals surface area contributed by atoms with Gasteiger partial charge < -0.3 is 14.6 Å². The summed E-state index contributed by atoms with van der Waals surface area (Å²) in [7, 11) is 1.67. The van der Waals surface area contributed by atoms with Gasteiger partial charge in [0.05, 0.1) is 25.4 Å². The molecular weight excluding hydrogens is 254 g/mol. The number of likely N-dealkylation sites (tertiary alicyclic amines) is 1. The van der Waals surface area contributed by atoms with Crippen LogP contribution in [0.1, 0.15) is 30.1 Å². The molecule has 4 atom stereocenters. The zero-order chi connectivity index (χ0) is 13.7. The minimum atomic E-state index is -0.405. The number of ether oxygens (including phenoxy) is 2. The molecule has 1 aromatic carbocycles. The van der Waals surface area contributed by atoms with Crippen molar-refractivity contribution in [2.45, 2.75) is 43.6 Å². The molecule has 4 rings (SSSR count). The van der Waals surface area contributed by atoms with Crippen molar-refractivity contribution in [3.63, 3.8) is 0 Å². The fraction of sp³-hybridized carbons (Fsp3) is 0.625. The van der Waals surface area contributed by atoms with Crippen LogP contribution in [0.5, 0.6) is 5.75 Å². The van der Waals surface area contributed by atoms with Crippen molar-refractivity contribution in [1.29, 1.82) is 0 Å². The number of aliphatic hydroxyl groups excluding tert-OH is 1. The Kier molecular flexibility index (Phi) is 2.98. The van der Waals surface area contributed by atoms with Gasteiger partial charge in [-0.3, -0.25) is 4.90 Å². The quantitative estimate of drug-likeness (QED) is 0.888. The number of aliphatic hydroxyl groups is 1. The van der Waals surface area contributed by atoms with Crippen LogP contribution < -0.4 is 4.74 Å². The van der Waals surface area contributed by atoms with Crippen LogP contribution in [0.4, 0.5) is 0 Å². The molecule has 4 nitrogen and oxygen atoms in total. The molecule has 4 heteroatoms. The van der Waals surface area contributed by atoms with Gasteiger partial charge in [0.15, 0.2) is 0 Å². The highest BCUT2D eigenvalue weighted by Crippen LogP contribution is 2.39. The Hall–Kier alpha value is -1.10. The summed E-state index contributed by atoms with van der Waals surface area (Å²) in [6.45, 7) is 1.92. The normalized spacial score (nSPS) is 36.1. The van der Waals surface area contributed by atoms with Crippen molar-refractivity contribution in [1.82, 2.24) is 4.90 Å². The van der Waals surface area contributed by atoms with Gasteiger partial charge in [-0.05, 0) is 42.5 Å². The fourth-order valence-corrected chi connectivity index (χ4v) is 3.95. The molecule has 3 aliphatic rings. The van der Waals surface area contributed by atoms with Gasteiger partial charge in [0.2, 0.25) is 0 Å². The number of methoxy groups -OCH3 is 1. The highest BCUT2D eigenvalue weighted by atomic mass is 16.5. The van der Waals surface area contributed by atoms with E-state index in [9.17, 15) is 5.11 Å². The number of hydrogen-bond acceptors (Lipinski definition) is 4. The Bertz CT molecular complexity index is 506. The maximum Gasteiger partial charge on any atom is 0.119 e. The minimum Gasteiger partial charge on any atom is -0.497 e. The second-order valence-corrected chi connectivity index (χ2v) is 6.19. The van der Waals surface area contributed by atoms with Crippen LogP contribution in [0.25, 0.3) is 0 Å². The molecule has 2 bridgehead atoms. The van der Waals surface area contributed by atoms with Crippen molar-refractivity contribution in [2.75, 3.05) is 20.2 Å². The molecule has 0 radical (unpaired) electrons.